The molecule has 0 N–H and O–H groups in total. The van der Waals surface area contributed by atoms with Crippen LogP contribution in [0.25, 0.3) is 16.9 Å². The fourth-order valence-electron chi connectivity index (χ4n) is 3.75. The molecule has 0 bridgehead atoms. The largest absolute Gasteiger partial charge is 0.381 e. The Bertz CT molecular complexity index is 910. The van der Waals surface area contributed by atoms with Crippen LogP contribution >= 0.6 is 0 Å². The highest BCUT2D eigenvalue weighted by molar-refractivity contribution is 5.63. The predicted octanol–water partition coefficient (Wildman–Crippen LogP) is 4.60. The van der Waals surface area contributed by atoms with Gasteiger partial charge in [-0.25, -0.2) is 9.07 Å². The van der Waals surface area contributed by atoms with Crippen molar-refractivity contribution in [3.8, 4) is 16.9 Å². The van der Waals surface area contributed by atoms with Gasteiger partial charge in [0.25, 0.3) is 0 Å². The number of aromatic nitrogens is 2. The lowest BCUT2D eigenvalue weighted by Crippen LogP contribution is -2.36. The molecule has 4 rings (SSSR count). The van der Waals surface area contributed by atoms with Crippen LogP contribution in [0.3, 0.4) is 0 Å². The second-order valence-corrected chi connectivity index (χ2v) is 7.50. The Morgan fingerprint density at radius 2 is 1.71 bits per heavy atom. The monoisotopic (exact) mass is 379 g/mol. The molecule has 2 aromatic carbocycles. The van der Waals surface area contributed by atoms with Crippen LogP contribution < -0.4 is 0 Å². The highest BCUT2D eigenvalue weighted by Crippen LogP contribution is 2.26. The number of aryl methyl sites for hydroxylation is 1. The van der Waals surface area contributed by atoms with E-state index in [0.717, 1.165) is 55.0 Å². The first-order valence-corrected chi connectivity index (χ1v) is 9.79. The fraction of sp³-hybridized carbons (Fsp3) is 0.348. The minimum Gasteiger partial charge on any atom is -0.381 e. The van der Waals surface area contributed by atoms with Crippen molar-refractivity contribution in [2.24, 2.45) is 0 Å². The number of piperidine rings is 1. The summed E-state index contributed by atoms with van der Waals surface area (Å²) in [5, 5.41) is 4.85. The van der Waals surface area contributed by atoms with Crippen LogP contribution in [0.5, 0.6) is 0 Å². The van der Waals surface area contributed by atoms with Gasteiger partial charge in [-0.3, -0.25) is 4.90 Å². The van der Waals surface area contributed by atoms with Crippen LogP contribution in [0.2, 0.25) is 0 Å². The van der Waals surface area contributed by atoms with E-state index in [4.69, 9.17) is 9.84 Å². The standard InChI is InChI=1S/C23H26FN3O/c1-17-3-9-21(10-4-17)27-16-19(15-26-13-11-22(28-2)12-14-26)23(25-27)18-5-7-20(24)8-6-18/h3-10,16,22H,11-15H2,1-2H3. The van der Waals surface area contributed by atoms with Gasteiger partial charge in [0.1, 0.15) is 5.82 Å². The minimum atomic E-state index is -0.232. The van der Waals surface area contributed by atoms with Crippen molar-refractivity contribution < 1.29 is 9.13 Å². The topological polar surface area (TPSA) is 30.3 Å². The van der Waals surface area contributed by atoms with E-state index in [-0.39, 0.29) is 5.82 Å². The van der Waals surface area contributed by atoms with Gasteiger partial charge in [-0.2, -0.15) is 5.10 Å². The summed E-state index contributed by atoms with van der Waals surface area (Å²) >= 11 is 0. The zero-order valence-electron chi connectivity index (χ0n) is 16.4. The Morgan fingerprint density at radius 3 is 2.36 bits per heavy atom. The van der Waals surface area contributed by atoms with Crippen LogP contribution in [-0.2, 0) is 11.3 Å². The summed E-state index contributed by atoms with van der Waals surface area (Å²) in [6.07, 6.45) is 4.57. The SMILES string of the molecule is COC1CCN(Cc2cn(-c3ccc(C)cc3)nc2-c2ccc(F)cc2)CC1. The maximum Gasteiger partial charge on any atom is 0.123 e. The average molecular weight is 379 g/mol. The van der Waals surface area contributed by atoms with Crippen LogP contribution in [0.15, 0.2) is 54.7 Å². The molecular formula is C23H26FN3O. The van der Waals surface area contributed by atoms with E-state index >= 15 is 0 Å². The van der Waals surface area contributed by atoms with Crippen molar-refractivity contribution in [1.29, 1.82) is 0 Å². The smallest absolute Gasteiger partial charge is 0.123 e. The minimum absolute atomic E-state index is 0.232. The van der Waals surface area contributed by atoms with Crippen LogP contribution in [0.4, 0.5) is 4.39 Å². The van der Waals surface area contributed by atoms with Gasteiger partial charge >= 0.3 is 0 Å². The van der Waals surface area contributed by atoms with Crippen molar-refractivity contribution in [3.63, 3.8) is 0 Å². The van der Waals surface area contributed by atoms with E-state index in [2.05, 4.69) is 42.3 Å². The second-order valence-electron chi connectivity index (χ2n) is 7.50. The molecule has 0 radical (unpaired) electrons. The molecule has 1 aliphatic rings. The van der Waals surface area contributed by atoms with E-state index in [1.54, 1.807) is 19.2 Å². The van der Waals surface area contributed by atoms with Crippen LogP contribution in [-0.4, -0.2) is 41.0 Å². The van der Waals surface area contributed by atoms with Gasteiger partial charge in [-0.15, -0.1) is 0 Å². The Hall–Kier alpha value is -2.50. The molecule has 0 amide bonds. The third-order valence-corrected chi connectivity index (χ3v) is 5.47. The molecule has 1 aromatic heterocycles. The maximum atomic E-state index is 13.4. The van der Waals surface area contributed by atoms with Crippen molar-refractivity contribution in [1.82, 2.24) is 14.7 Å². The van der Waals surface area contributed by atoms with E-state index in [0.29, 0.717) is 6.10 Å². The van der Waals surface area contributed by atoms with Gasteiger partial charge < -0.3 is 4.74 Å². The molecule has 1 fully saturated rings. The Labute approximate surface area is 165 Å². The van der Waals surface area contributed by atoms with Crippen molar-refractivity contribution >= 4 is 0 Å². The summed E-state index contributed by atoms with van der Waals surface area (Å²) < 4.78 is 20.8. The van der Waals surface area contributed by atoms with E-state index in [9.17, 15) is 4.39 Å². The molecule has 28 heavy (non-hydrogen) atoms. The van der Waals surface area contributed by atoms with E-state index in [1.807, 2.05) is 4.68 Å². The zero-order chi connectivity index (χ0) is 19.5. The Kier molecular flexibility index (Phi) is 5.55. The molecule has 5 heteroatoms. The lowest BCUT2D eigenvalue weighted by atomic mass is 10.0. The van der Waals surface area contributed by atoms with Crippen molar-refractivity contribution in [2.45, 2.75) is 32.4 Å². The molecule has 0 unspecified atom stereocenters. The van der Waals surface area contributed by atoms with Crippen LogP contribution in [0, 0.1) is 12.7 Å². The number of nitrogens with zero attached hydrogens (tertiary/aromatic N) is 3. The first-order valence-electron chi connectivity index (χ1n) is 9.79. The summed E-state index contributed by atoms with van der Waals surface area (Å²) in [5.74, 6) is -0.232. The summed E-state index contributed by atoms with van der Waals surface area (Å²) in [6.45, 7) is 4.93. The normalized spacial score (nSPS) is 15.8. The van der Waals surface area contributed by atoms with Crippen molar-refractivity contribution in [3.05, 3.63) is 71.7 Å². The number of likely N-dealkylation sites (tertiary alicyclic amines) is 1. The number of hydrogen-bond donors (Lipinski definition) is 0. The number of halogens is 1. The first kappa shape index (κ1) is 18.8. The number of hydrogen-bond acceptors (Lipinski definition) is 3. The third-order valence-electron chi connectivity index (χ3n) is 5.47. The number of rotatable bonds is 5. The van der Waals surface area contributed by atoms with Crippen LogP contribution in [0.1, 0.15) is 24.0 Å². The fourth-order valence-corrected chi connectivity index (χ4v) is 3.75. The Balaban J connectivity index is 1.64. The molecule has 0 saturated carbocycles. The number of benzene rings is 2. The van der Waals surface area contributed by atoms with Gasteiger partial charge in [-0.05, 0) is 56.2 Å². The lowest BCUT2D eigenvalue weighted by molar-refractivity contribution is 0.0389. The highest BCUT2D eigenvalue weighted by Gasteiger charge is 2.21. The van der Waals surface area contributed by atoms with Gasteiger partial charge in [0.05, 0.1) is 17.5 Å². The molecule has 1 saturated heterocycles. The summed E-state index contributed by atoms with van der Waals surface area (Å²) in [7, 11) is 1.79. The van der Waals surface area contributed by atoms with Gasteiger partial charge in [0.15, 0.2) is 0 Å². The maximum absolute atomic E-state index is 13.4. The summed E-state index contributed by atoms with van der Waals surface area (Å²) in [4.78, 5) is 2.44. The third kappa shape index (κ3) is 4.16. The average Bonchev–Trinajstić information content (AvgIpc) is 3.13. The quantitative estimate of drug-likeness (QED) is 0.649. The lowest BCUT2D eigenvalue weighted by Gasteiger charge is -2.31. The predicted molar refractivity (Wildman–Crippen MR) is 109 cm³/mol. The molecule has 3 aromatic rings. The molecule has 2 heterocycles. The zero-order valence-corrected chi connectivity index (χ0v) is 16.4. The molecule has 0 spiro atoms. The summed E-state index contributed by atoms with van der Waals surface area (Å²) in [6, 6.07) is 14.9. The van der Waals surface area contributed by atoms with Gasteiger partial charge in [-0.1, -0.05) is 17.7 Å². The molecular weight excluding hydrogens is 353 g/mol. The number of methoxy groups -OCH3 is 1. The molecule has 0 atom stereocenters. The molecule has 0 aliphatic carbocycles. The molecule has 146 valence electrons. The van der Waals surface area contributed by atoms with Crippen molar-refractivity contribution in [2.75, 3.05) is 20.2 Å². The second kappa shape index (κ2) is 8.25. The Morgan fingerprint density at radius 1 is 1.04 bits per heavy atom. The molecule has 4 nitrogen and oxygen atoms in total. The van der Waals surface area contributed by atoms with E-state index in [1.165, 1.54) is 17.7 Å². The van der Waals surface area contributed by atoms with Gasteiger partial charge in [0, 0.05) is 44.1 Å². The molecule has 1 aliphatic heterocycles. The highest BCUT2D eigenvalue weighted by atomic mass is 19.1. The number of ether oxygens (including phenoxy) is 1. The van der Waals surface area contributed by atoms with Gasteiger partial charge in [0.2, 0.25) is 0 Å². The summed E-state index contributed by atoms with van der Waals surface area (Å²) in [5.41, 5.74) is 5.25. The first-order chi connectivity index (χ1) is 13.6. The van der Waals surface area contributed by atoms with E-state index < -0.39 is 0 Å².